The molecule has 1 aromatic carbocycles. The summed E-state index contributed by atoms with van der Waals surface area (Å²) < 4.78 is 19.0. The summed E-state index contributed by atoms with van der Waals surface area (Å²) in [6.07, 6.45) is 2.60. The van der Waals surface area contributed by atoms with E-state index in [9.17, 15) is 4.39 Å². The molecule has 0 saturated heterocycles. The van der Waals surface area contributed by atoms with Crippen molar-refractivity contribution >= 4 is 11.9 Å². The van der Waals surface area contributed by atoms with Gasteiger partial charge in [0.1, 0.15) is 18.2 Å². The molecule has 0 amide bonds. The number of rotatable bonds is 8. The predicted molar refractivity (Wildman–Crippen MR) is 90.3 cm³/mol. The Kier molecular flexibility index (Phi) is 6.95. The van der Waals surface area contributed by atoms with Gasteiger partial charge < -0.3 is 27.3 Å². The van der Waals surface area contributed by atoms with E-state index in [0.717, 1.165) is 6.21 Å². The van der Waals surface area contributed by atoms with Gasteiger partial charge in [0.25, 0.3) is 0 Å². The van der Waals surface area contributed by atoms with Crippen LogP contribution in [0, 0.1) is 16.6 Å². The molecule has 6 nitrogen and oxygen atoms in total. The standard InChI is InChI=1S/C16H22FN5O/c1-10(20)6-14(21)16(22)12(9-19)7-11-8-13(17)2-3-15(11)23-5-4-18/h2-3,6,8-9,19,21H,4-5,7,18,20,22H2,1H3/b10-6-,16-12-,19-9?,21-14?. The van der Waals surface area contributed by atoms with Gasteiger partial charge in [-0.25, -0.2) is 4.39 Å². The van der Waals surface area contributed by atoms with E-state index in [4.69, 9.17) is 32.8 Å². The summed E-state index contributed by atoms with van der Waals surface area (Å²) in [6, 6.07) is 4.11. The highest BCUT2D eigenvalue weighted by atomic mass is 19.1. The van der Waals surface area contributed by atoms with Crippen LogP contribution in [0.5, 0.6) is 5.75 Å². The largest absolute Gasteiger partial charge is 0.492 e. The third kappa shape index (κ3) is 5.55. The highest BCUT2D eigenvalue weighted by Gasteiger charge is 2.11. The van der Waals surface area contributed by atoms with Crippen LogP contribution < -0.4 is 21.9 Å². The molecule has 0 unspecified atom stereocenters. The van der Waals surface area contributed by atoms with Crippen LogP contribution in [-0.4, -0.2) is 25.1 Å². The van der Waals surface area contributed by atoms with Crippen molar-refractivity contribution in [3.8, 4) is 5.75 Å². The summed E-state index contributed by atoms with van der Waals surface area (Å²) in [6.45, 7) is 2.26. The molecular weight excluding hydrogens is 297 g/mol. The van der Waals surface area contributed by atoms with Gasteiger partial charge in [0.05, 0.1) is 11.4 Å². The Morgan fingerprint density at radius 2 is 2.04 bits per heavy atom. The Hall–Kier alpha value is -2.67. The van der Waals surface area contributed by atoms with Crippen LogP contribution in [0.15, 0.2) is 41.2 Å². The van der Waals surface area contributed by atoms with E-state index in [1.165, 1.54) is 24.3 Å². The van der Waals surface area contributed by atoms with Gasteiger partial charge in [0.2, 0.25) is 0 Å². The highest BCUT2D eigenvalue weighted by Crippen LogP contribution is 2.23. The van der Waals surface area contributed by atoms with E-state index >= 15 is 0 Å². The van der Waals surface area contributed by atoms with E-state index < -0.39 is 5.82 Å². The maximum Gasteiger partial charge on any atom is 0.123 e. The first kappa shape index (κ1) is 18.4. The summed E-state index contributed by atoms with van der Waals surface area (Å²) in [5, 5.41) is 15.4. The van der Waals surface area contributed by atoms with Crippen molar-refractivity contribution < 1.29 is 9.13 Å². The molecule has 23 heavy (non-hydrogen) atoms. The molecule has 0 atom stereocenters. The van der Waals surface area contributed by atoms with Crippen molar-refractivity contribution in [2.45, 2.75) is 13.3 Å². The van der Waals surface area contributed by atoms with E-state index in [1.54, 1.807) is 6.92 Å². The summed E-state index contributed by atoms with van der Waals surface area (Å²) in [4.78, 5) is 0. The summed E-state index contributed by atoms with van der Waals surface area (Å²) >= 11 is 0. The molecule has 0 aromatic heterocycles. The van der Waals surface area contributed by atoms with Crippen molar-refractivity contribution in [1.29, 1.82) is 10.8 Å². The zero-order valence-corrected chi connectivity index (χ0v) is 13.0. The number of hydrogen-bond donors (Lipinski definition) is 5. The molecule has 0 heterocycles. The minimum Gasteiger partial charge on any atom is -0.492 e. The van der Waals surface area contributed by atoms with E-state index in [-0.39, 0.29) is 17.8 Å². The molecule has 7 heteroatoms. The minimum atomic E-state index is -0.421. The highest BCUT2D eigenvalue weighted by molar-refractivity contribution is 6.09. The minimum absolute atomic E-state index is 0.00401. The molecule has 0 aliphatic rings. The molecule has 0 bridgehead atoms. The molecule has 0 aliphatic carbocycles. The lowest BCUT2D eigenvalue weighted by molar-refractivity contribution is 0.325. The fraction of sp³-hybridized carbons (Fsp3) is 0.250. The molecule has 0 saturated carbocycles. The molecule has 0 spiro atoms. The van der Waals surface area contributed by atoms with Crippen LogP contribution in [0.4, 0.5) is 4.39 Å². The molecule has 1 rings (SSSR count). The normalized spacial score (nSPS) is 12.6. The molecule has 1 aromatic rings. The lowest BCUT2D eigenvalue weighted by atomic mass is 10.0. The van der Waals surface area contributed by atoms with Crippen molar-refractivity contribution in [2.75, 3.05) is 13.2 Å². The van der Waals surface area contributed by atoms with Crippen molar-refractivity contribution in [3.05, 3.63) is 52.6 Å². The number of allylic oxidation sites excluding steroid dienone is 3. The zero-order valence-electron chi connectivity index (χ0n) is 13.0. The topological polar surface area (TPSA) is 135 Å². The Bertz CT molecular complexity index is 648. The zero-order chi connectivity index (χ0) is 17.4. The first-order chi connectivity index (χ1) is 10.9. The molecule has 8 N–H and O–H groups in total. The Morgan fingerprint density at radius 3 is 2.61 bits per heavy atom. The first-order valence-corrected chi connectivity index (χ1v) is 7.02. The lowest BCUT2D eigenvalue weighted by Gasteiger charge is -2.13. The number of nitrogens with two attached hydrogens (primary N) is 3. The number of halogens is 1. The molecule has 124 valence electrons. The molecule has 0 radical (unpaired) electrons. The number of ether oxygens (including phenoxy) is 1. The lowest BCUT2D eigenvalue weighted by Crippen LogP contribution is -2.16. The predicted octanol–water partition coefficient (Wildman–Crippen LogP) is 1.45. The molecule has 0 fully saturated rings. The van der Waals surface area contributed by atoms with Gasteiger partial charge in [0.15, 0.2) is 0 Å². The van der Waals surface area contributed by atoms with Gasteiger partial charge in [-0.2, -0.15) is 0 Å². The van der Waals surface area contributed by atoms with Crippen LogP contribution in [0.1, 0.15) is 12.5 Å². The Morgan fingerprint density at radius 1 is 1.35 bits per heavy atom. The number of hydrogen-bond acceptors (Lipinski definition) is 6. The molecule has 0 aliphatic heterocycles. The summed E-state index contributed by atoms with van der Waals surface area (Å²) in [5.41, 5.74) is 18.3. The SMILES string of the molecule is C/C(N)=C/C(=N)/C(N)=C(/C=N)Cc1cc(F)ccc1OCCN. The van der Waals surface area contributed by atoms with Crippen LogP contribution in [0.25, 0.3) is 0 Å². The van der Waals surface area contributed by atoms with Gasteiger partial charge in [-0.1, -0.05) is 0 Å². The summed E-state index contributed by atoms with van der Waals surface area (Å²) in [5.74, 6) is 0.0526. The number of nitrogens with one attached hydrogen (secondary N) is 2. The molecular formula is C16H22FN5O. The van der Waals surface area contributed by atoms with Crippen LogP contribution in [-0.2, 0) is 6.42 Å². The van der Waals surface area contributed by atoms with Gasteiger partial charge in [-0.05, 0) is 36.8 Å². The fourth-order valence-corrected chi connectivity index (χ4v) is 1.90. The Balaban J connectivity index is 3.16. The second-order valence-corrected chi connectivity index (χ2v) is 4.95. The third-order valence-corrected chi connectivity index (χ3v) is 2.96. The van der Waals surface area contributed by atoms with Crippen LogP contribution in [0.2, 0.25) is 0 Å². The smallest absolute Gasteiger partial charge is 0.123 e. The summed E-state index contributed by atoms with van der Waals surface area (Å²) in [7, 11) is 0. The second kappa shape index (κ2) is 8.70. The quantitative estimate of drug-likeness (QED) is 0.463. The van der Waals surface area contributed by atoms with E-state index in [0.29, 0.717) is 35.7 Å². The third-order valence-electron chi connectivity index (χ3n) is 2.96. The monoisotopic (exact) mass is 319 g/mol. The average Bonchev–Trinajstić information content (AvgIpc) is 2.50. The Labute approximate surface area is 134 Å². The van der Waals surface area contributed by atoms with Crippen molar-refractivity contribution in [3.63, 3.8) is 0 Å². The van der Waals surface area contributed by atoms with Crippen molar-refractivity contribution in [2.24, 2.45) is 17.2 Å². The number of benzene rings is 1. The van der Waals surface area contributed by atoms with Gasteiger partial charge >= 0.3 is 0 Å². The fourth-order valence-electron chi connectivity index (χ4n) is 1.90. The van der Waals surface area contributed by atoms with Gasteiger partial charge in [-0.15, -0.1) is 0 Å². The maximum absolute atomic E-state index is 13.5. The average molecular weight is 319 g/mol. The second-order valence-electron chi connectivity index (χ2n) is 4.95. The van der Waals surface area contributed by atoms with E-state index in [1.807, 2.05) is 0 Å². The first-order valence-electron chi connectivity index (χ1n) is 7.02. The van der Waals surface area contributed by atoms with Gasteiger partial charge in [-0.3, -0.25) is 5.41 Å². The van der Waals surface area contributed by atoms with Gasteiger partial charge in [0, 0.05) is 30.4 Å². The maximum atomic E-state index is 13.5. The van der Waals surface area contributed by atoms with Crippen molar-refractivity contribution in [1.82, 2.24) is 0 Å². The van der Waals surface area contributed by atoms with Crippen LogP contribution >= 0.6 is 0 Å². The van der Waals surface area contributed by atoms with E-state index in [2.05, 4.69) is 0 Å². The van der Waals surface area contributed by atoms with Crippen LogP contribution in [0.3, 0.4) is 0 Å².